The van der Waals surface area contributed by atoms with Crippen molar-refractivity contribution in [3.8, 4) is 6.07 Å². The van der Waals surface area contributed by atoms with Crippen molar-refractivity contribution >= 4 is 5.97 Å². The molecule has 0 bridgehead atoms. The summed E-state index contributed by atoms with van der Waals surface area (Å²) in [5.41, 5.74) is 2.89. The molecule has 22 heavy (non-hydrogen) atoms. The number of aromatic carboxylic acids is 1. The third-order valence-electron chi connectivity index (χ3n) is 3.89. The average Bonchev–Trinajstić information content (AvgIpc) is 2.87. The summed E-state index contributed by atoms with van der Waals surface area (Å²) in [7, 11) is 0. The number of carboxylic acid groups (broad SMARTS) is 1. The Bertz CT molecular complexity index is 731. The van der Waals surface area contributed by atoms with E-state index in [9.17, 15) is 9.90 Å². The summed E-state index contributed by atoms with van der Waals surface area (Å²) < 4.78 is 1.53. The molecule has 6 nitrogen and oxygen atoms in total. The van der Waals surface area contributed by atoms with Crippen molar-refractivity contribution in [3.05, 3.63) is 52.8 Å². The third kappa shape index (κ3) is 2.71. The van der Waals surface area contributed by atoms with Crippen LogP contribution < -0.4 is 0 Å². The number of carboxylic acids is 1. The fourth-order valence-electron chi connectivity index (χ4n) is 2.89. The number of fused-ring (bicyclic) bond motifs is 1. The van der Waals surface area contributed by atoms with Crippen LogP contribution in [0.4, 0.5) is 0 Å². The molecule has 0 radical (unpaired) electrons. The van der Waals surface area contributed by atoms with E-state index in [0.717, 1.165) is 24.3 Å². The van der Waals surface area contributed by atoms with Crippen LogP contribution in [0.15, 0.2) is 30.3 Å². The fraction of sp³-hybridized carbons (Fsp3) is 0.312. The summed E-state index contributed by atoms with van der Waals surface area (Å²) >= 11 is 0. The van der Waals surface area contributed by atoms with E-state index in [-0.39, 0.29) is 12.2 Å². The van der Waals surface area contributed by atoms with Crippen LogP contribution in [0.5, 0.6) is 0 Å². The van der Waals surface area contributed by atoms with Crippen molar-refractivity contribution in [2.24, 2.45) is 0 Å². The molecule has 1 N–H and O–H groups in total. The number of nitrogens with zero attached hydrogens (tertiary/aromatic N) is 4. The predicted molar refractivity (Wildman–Crippen MR) is 79.1 cm³/mol. The molecule has 2 aromatic rings. The van der Waals surface area contributed by atoms with Crippen LogP contribution in [0.2, 0.25) is 0 Å². The van der Waals surface area contributed by atoms with Gasteiger partial charge >= 0.3 is 5.97 Å². The van der Waals surface area contributed by atoms with E-state index in [4.69, 9.17) is 5.26 Å². The van der Waals surface area contributed by atoms with Crippen molar-refractivity contribution in [3.63, 3.8) is 0 Å². The number of nitriles is 1. The monoisotopic (exact) mass is 296 g/mol. The first-order valence-corrected chi connectivity index (χ1v) is 7.14. The lowest BCUT2D eigenvalue weighted by atomic mass is 10.0. The maximum atomic E-state index is 11.4. The van der Waals surface area contributed by atoms with Gasteiger partial charge in [-0.05, 0) is 5.56 Å². The van der Waals surface area contributed by atoms with Crippen molar-refractivity contribution in [1.82, 2.24) is 14.7 Å². The smallest absolute Gasteiger partial charge is 0.356 e. The molecule has 1 aromatic carbocycles. The highest BCUT2D eigenvalue weighted by Gasteiger charge is 2.27. The van der Waals surface area contributed by atoms with Crippen LogP contribution in [-0.2, 0) is 26.1 Å². The minimum absolute atomic E-state index is 0.0722. The van der Waals surface area contributed by atoms with Crippen LogP contribution in [-0.4, -0.2) is 32.3 Å². The van der Waals surface area contributed by atoms with Gasteiger partial charge in [0.25, 0.3) is 0 Å². The molecule has 0 aliphatic carbocycles. The first-order chi connectivity index (χ1) is 10.7. The van der Waals surface area contributed by atoms with Crippen LogP contribution >= 0.6 is 0 Å². The van der Waals surface area contributed by atoms with Gasteiger partial charge in [0, 0.05) is 37.3 Å². The van der Waals surface area contributed by atoms with E-state index in [2.05, 4.69) is 22.1 Å². The minimum atomic E-state index is -1.03. The summed E-state index contributed by atoms with van der Waals surface area (Å²) in [4.78, 5) is 13.6. The van der Waals surface area contributed by atoms with Gasteiger partial charge in [0.15, 0.2) is 5.69 Å². The van der Waals surface area contributed by atoms with Crippen molar-refractivity contribution in [2.75, 3.05) is 6.54 Å². The molecule has 0 atom stereocenters. The van der Waals surface area contributed by atoms with Gasteiger partial charge < -0.3 is 5.11 Å². The molecule has 0 amide bonds. The molecule has 0 saturated heterocycles. The van der Waals surface area contributed by atoms with E-state index in [1.54, 1.807) is 0 Å². The molecule has 112 valence electrons. The van der Waals surface area contributed by atoms with Gasteiger partial charge in [0.05, 0.1) is 6.07 Å². The number of hydrogen-bond donors (Lipinski definition) is 1. The molecule has 1 aliphatic heterocycles. The van der Waals surface area contributed by atoms with E-state index in [0.29, 0.717) is 13.0 Å². The standard InChI is InChI=1S/C16H16N4O2/c17-7-9-20-14-6-8-19(10-12-4-2-1-3-5-12)11-13(14)15(18-20)16(21)22/h1-5H,6,8-11H2,(H,21,22). The Kier molecular flexibility index (Phi) is 3.90. The lowest BCUT2D eigenvalue weighted by molar-refractivity contribution is 0.0687. The summed E-state index contributed by atoms with van der Waals surface area (Å²) in [5.74, 6) is -1.03. The normalized spacial score (nSPS) is 14.3. The average molecular weight is 296 g/mol. The number of rotatable bonds is 4. The first kappa shape index (κ1) is 14.3. The van der Waals surface area contributed by atoms with Crippen LogP contribution in [0, 0.1) is 11.3 Å². The molecular weight excluding hydrogens is 280 g/mol. The molecule has 0 fully saturated rings. The van der Waals surface area contributed by atoms with Gasteiger partial charge in [0.2, 0.25) is 0 Å². The maximum Gasteiger partial charge on any atom is 0.356 e. The SMILES string of the molecule is N#CCn1nc(C(=O)O)c2c1CCN(Cc1ccccc1)C2. The predicted octanol–water partition coefficient (Wildman–Crippen LogP) is 1.66. The largest absolute Gasteiger partial charge is 0.476 e. The number of benzene rings is 1. The Morgan fingerprint density at radius 2 is 2.14 bits per heavy atom. The first-order valence-electron chi connectivity index (χ1n) is 7.14. The maximum absolute atomic E-state index is 11.4. The van der Waals surface area contributed by atoms with Gasteiger partial charge in [-0.1, -0.05) is 30.3 Å². The summed E-state index contributed by atoms with van der Waals surface area (Å²) in [5, 5.41) is 22.3. The number of aromatic nitrogens is 2. The number of hydrogen-bond acceptors (Lipinski definition) is 4. The van der Waals surface area contributed by atoms with E-state index in [1.165, 1.54) is 10.2 Å². The lowest BCUT2D eigenvalue weighted by Gasteiger charge is -2.27. The van der Waals surface area contributed by atoms with Crippen LogP contribution in [0.1, 0.15) is 27.3 Å². The molecular formula is C16H16N4O2. The second kappa shape index (κ2) is 6.00. The van der Waals surface area contributed by atoms with Gasteiger partial charge in [-0.3, -0.25) is 9.58 Å². The lowest BCUT2D eigenvalue weighted by Crippen LogP contribution is -2.31. The second-order valence-electron chi connectivity index (χ2n) is 5.34. The Hall–Kier alpha value is -2.65. The number of carbonyl (C=O) groups is 1. The Labute approximate surface area is 128 Å². The Balaban J connectivity index is 1.85. The molecule has 1 aromatic heterocycles. The quantitative estimate of drug-likeness (QED) is 0.928. The summed E-state index contributed by atoms with van der Waals surface area (Å²) in [6.07, 6.45) is 0.712. The third-order valence-corrected chi connectivity index (χ3v) is 3.89. The van der Waals surface area contributed by atoms with Crippen LogP contribution in [0.3, 0.4) is 0 Å². The molecule has 0 saturated carbocycles. The highest BCUT2D eigenvalue weighted by Crippen LogP contribution is 2.24. The van der Waals surface area contributed by atoms with E-state index in [1.807, 2.05) is 24.3 Å². The summed E-state index contributed by atoms with van der Waals surface area (Å²) in [6, 6.07) is 12.1. The highest BCUT2D eigenvalue weighted by molar-refractivity contribution is 5.87. The van der Waals surface area contributed by atoms with Gasteiger partial charge in [-0.25, -0.2) is 4.79 Å². The van der Waals surface area contributed by atoms with Gasteiger partial charge in [0.1, 0.15) is 6.54 Å². The minimum Gasteiger partial charge on any atom is -0.476 e. The van der Waals surface area contributed by atoms with Gasteiger partial charge in [-0.15, -0.1) is 0 Å². The molecule has 2 heterocycles. The zero-order valence-corrected chi connectivity index (χ0v) is 12.1. The zero-order valence-electron chi connectivity index (χ0n) is 12.1. The van der Waals surface area contributed by atoms with Crippen molar-refractivity contribution < 1.29 is 9.90 Å². The van der Waals surface area contributed by atoms with Crippen molar-refractivity contribution in [1.29, 1.82) is 5.26 Å². The van der Waals surface area contributed by atoms with Crippen molar-refractivity contribution in [2.45, 2.75) is 26.1 Å². The summed E-state index contributed by atoms with van der Waals surface area (Å²) in [6.45, 7) is 2.26. The fourth-order valence-corrected chi connectivity index (χ4v) is 2.89. The molecule has 6 heteroatoms. The Morgan fingerprint density at radius 1 is 1.36 bits per heavy atom. The Morgan fingerprint density at radius 3 is 2.82 bits per heavy atom. The second-order valence-corrected chi connectivity index (χ2v) is 5.34. The van der Waals surface area contributed by atoms with E-state index < -0.39 is 5.97 Å². The molecule has 1 aliphatic rings. The zero-order chi connectivity index (χ0) is 15.5. The molecule has 0 unspecified atom stereocenters. The highest BCUT2D eigenvalue weighted by atomic mass is 16.4. The molecule has 0 spiro atoms. The topological polar surface area (TPSA) is 82.1 Å². The molecule has 3 rings (SSSR count). The van der Waals surface area contributed by atoms with E-state index >= 15 is 0 Å². The van der Waals surface area contributed by atoms with Crippen LogP contribution in [0.25, 0.3) is 0 Å². The van der Waals surface area contributed by atoms with Gasteiger partial charge in [-0.2, -0.15) is 10.4 Å².